The Balaban J connectivity index is 2.25. The van der Waals surface area contributed by atoms with E-state index in [1.54, 1.807) is 24.2 Å². The van der Waals surface area contributed by atoms with Crippen LogP contribution < -0.4 is 5.32 Å². The highest BCUT2D eigenvalue weighted by Gasteiger charge is 2.08. The van der Waals surface area contributed by atoms with E-state index in [-0.39, 0.29) is 0 Å². The van der Waals surface area contributed by atoms with Gasteiger partial charge in [-0.1, -0.05) is 32.0 Å². The van der Waals surface area contributed by atoms with E-state index in [4.69, 9.17) is 4.42 Å². The fraction of sp³-hybridized carbons (Fsp3) is 0.700. The number of rotatable bonds is 7. The molecule has 0 fully saturated rings. The summed E-state index contributed by atoms with van der Waals surface area (Å²) in [6.07, 6.45) is 5.72. The lowest BCUT2D eigenvalue weighted by molar-refractivity contribution is 0.452. The molecule has 0 spiro atoms. The van der Waals surface area contributed by atoms with Gasteiger partial charge in [0, 0.05) is 11.8 Å². The Labute approximate surface area is 89.7 Å². The third kappa shape index (κ3) is 4.15. The third-order valence-corrected chi connectivity index (χ3v) is 2.97. The van der Waals surface area contributed by atoms with E-state index in [1.807, 2.05) is 0 Å². The van der Waals surface area contributed by atoms with Crippen LogP contribution in [0.3, 0.4) is 0 Å². The van der Waals surface area contributed by atoms with Gasteiger partial charge in [-0.2, -0.15) is 0 Å². The summed E-state index contributed by atoms with van der Waals surface area (Å²) in [6, 6.07) is 0.571. The molecule has 1 heterocycles. The molecule has 0 aliphatic carbocycles. The Morgan fingerprint density at radius 2 is 2.43 bits per heavy atom. The second-order valence-corrected chi connectivity index (χ2v) is 4.12. The molecule has 1 aromatic heterocycles. The molecule has 3 nitrogen and oxygen atoms in total. The van der Waals surface area contributed by atoms with Gasteiger partial charge in [-0.3, -0.25) is 0 Å². The molecule has 1 unspecified atom stereocenters. The van der Waals surface area contributed by atoms with E-state index >= 15 is 0 Å². The molecule has 0 amide bonds. The number of hydrogen-bond donors (Lipinski definition) is 1. The van der Waals surface area contributed by atoms with Crippen LogP contribution >= 0.6 is 11.8 Å². The van der Waals surface area contributed by atoms with Crippen molar-refractivity contribution in [3.63, 3.8) is 0 Å². The number of thioether (sulfide) groups is 1. The van der Waals surface area contributed by atoms with Gasteiger partial charge in [0.1, 0.15) is 6.26 Å². The summed E-state index contributed by atoms with van der Waals surface area (Å²) >= 11 is 1.67. The van der Waals surface area contributed by atoms with Crippen LogP contribution in [0, 0.1) is 0 Å². The fourth-order valence-electron chi connectivity index (χ4n) is 1.33. The average molecular weight is 214 g/mol. The van der Waals surface area contributed by atoms with Crippen LogP contribution in [0.4, 0.5) is 0 Å². The first-order valence-corrected chi connectivity index (χ1v) is 6.11. The number of nitrogens with one attached hydrogen (secondary N) is 1. The molecule has 0 saturated carbocycles. The molecular weight excluding hydrogens is 196 g/mol. The molecule has 14 heavy (non-hydrogen) atoms. The summed E-state index contributed by atoms with van der Waals surface area (Å²) in [5.74, 6) is 1.03. The summed E-state index contributed by atoms with van der Waals surface area (Å²) < 4.78 is 5.16. The molecule has 4 heteroatoms. The molecule has 1 N–H and O–H groups in total. The first-order valence-electron chi connectivity index (χ1n) is 5.12. The summed E-state index contributed by atoms with van der Waals surface area (Å²) in [6.45, 7) is 5.37. The fourth-order valence-corrected chi connectivity index (χ4v) is 2.22. The molecule has 0 aromatic carbocycles. The summed E-state index contributed by atoms with van der Waals surface area (Å²) in [4.78, 5) is 4.08. The average Bonchev–Trinajstić information content (AvgIpc) is 2.67. The van der Waals surface area contributed by atoms with Gasteiger partial charge in [-0.15, -0.1) is 0 Å². The predicted octanol–water partition coefficient (Wildman–Crippen LogP) is 2.54. The zero-order valence-corrected chi connectivity index (χ0v) is 9.64. The standard InChI is InChI=1S/C10H18N2OS/c1-3-5-9(11-4-2)8-14-10-12-6-7-13-10/h6-7,9,11H,3-5,8H2,1-2H3. The molecule has 1 aromatic rings. The Kier molecular flexibility index (Phi) is 5.71. The van der Waals surface area contributed by atoms with Crippen LogP contribution in [-0.4, -0.2) is 23.3 Å². The van der Waals surface area contributed by atoms with Gasteiger partial charge in [0.15, 0.2) is 0 Å². The van der Waals surface area contributed by atoms with Gasteiger partial charge in [-0.25, -0.2) is 4.98 Å². The van der Waals surface area contributed by atoms with E-state index in [2.05, 4.69) is 24.1 Å². The smallest absolute Gasteiger partial charge is 0.255 e. The minimum atomic E-state index is 0.571. The molecule has 0 aliphatic rings. The van der Waals surface area contributed by atoms with Crippen LogP contribution in [0.2, 0.25) is 0 Å². The lowest BCUT2D eigenvalue weighted by Gasteiger charge is -2.15. The van der Waals surface area contributed by atoms with Gasteiger partial charge in [0.2, 0.25) is 0 Å². The molecule has 1 atom stereocenters. The quantitative estimate of drug-likeness (QED) is 0.708. The van der Waals surface area contributed by atoms with Gasteiger partial charge in [0.05, 0.1) is 6.20 Å². The monoisotopic (exact) mass is 214 g/mol. The van der Waals surface area contributed by atoms with Gasteiger partial charge in [-0.05, 0) is 13.0 Å². The lowest BCUT2D eigenvalue weighted by atomic mass is 10.2. The summed E-state index contributed by atoms with van der Waals surface area (Å²) in [5, 5.41) is 4.22. The molecule has 0 aliphatic heterocycles. The van der Waals surface area contributed by atoms with Crippen molar-refractivity contribution in [2.24, 2.45) is 0 Å². The number of oxazole rings is 1. The van der Waals surface area contributed by atoms with Crippen LogP contribution in [0.5, 0.6) is 0 Å². The Morgan fingerprint density at radius 1 is 1.57 bits per heavy atom. The zero-order chi connectivity index (χ0) is 10.2. The van der Waals surface area contributed by atoms with Gasteiger partial charge in [0.25, 0.3) is 5.22 Å². The van der Waals surface area contributed by atoms with Crippen molar-refractivity contribution in [1.82, 2.24) is 10.3 Å². The Bertz CT molecular complexity index is 220. The molecular formula is C10H18N2OS. The molecule has 1 rings (SSSR count). The van der Waals surface area contributed by atoms with Crippen molar-refractivity contribution >= 4 is 11.8 Å². The highest BCUT2D eigenvalue weighted by molar-refractivity contribution is 7.99. The normalized spacial score (nSPS) is 13.0. The largest absolute Gasteiger partial charge is 0.440 e. The lowest BCUT2D eigenvalue weighted by Crippen LogP contribution is -2.30. The van der Waals surface area contributed by atoms with Crippen molar-refractivity contribution in [3.8, 4) is 0 Å². The van der Waals surface area contributed by atoms with Gasteiger partial charge >= 0.3 is 0 Å². The van der Waals surface area contributed by atoms with Crippen molar-refractivity contribution < 1.29 is 4.42 Å². The number of aromatic nitrogens is 1. The molecule has 0 radical (unpaired) electrons. The molecule has 0 bridgehead atoms. The van der Waals surface area contributed by atoms with E-state index in [0.29, 0.717) is 6.04 Å². The highest BCUT2D eigenvalue weighted by Crippen LogP contribution is 2.17. The molecule has 0 saturated heterocycles. The zero-order valence-electron chi connectivity index (χ0n) is 8.82. The Hall–Kier alpha value is -0.480. The summed E-state index contributed by atoms with van der Waals surface area (Å²) in [5.41, 5.74) is 0. The second-order valence-electron chi connectivity index (χ2n) is 3.15. The second kappa shape index (κ2) is 6.90. The number of nitrogens with zero attached hydrogens (tertiary/aromatic N) is 1. The summed E-state index contributed by atoms with van der Waals surface area (Å²) in [7, 11) is 0. The topological polar surface area (TPSA) is 38.1 Å². The maximum absolute atomic E-state index is 5.16. The first-order chi connectivity index (χ1) is 6.86. The minimum Gasteiger partial charge on any atom is -0.440 e. The first kappa shape index (κ1) is 11.6. The number of hydrogen-bond acceptors (Lipinski definition) is 4. The van der Waals surface area contributed by atoms with Crippen LogP contribution in [0.15, 0.2) is 22.1 Å². The van der Waals surface area contributed by atoms with Crippen LogP contribution in [0.1, 0.15) is 26.7 Å². The van der Waals surface area contributed by atoms with Gasteiger partial charge < -0.3 is 9.73 Å². The predicted molar refractivity (Wildman–Crippen MR) is 59.6 cm³/mol. The molecule has 80 valence electrons. The Morgan fingerprint density at radius 3 is 3.00 bits per heavy atom. The van der Waals surface area contributed by atoms with E-state index < -0.39 is 0 Å². The maximum atomic E-state index is 5.16. The van der Waals surface area contributed by atoms with E-state index in [0.717, 1.165) is 17.5 Å². The van der Waals surface area contributed by atoms with Crippen LogP contribution in [0.25, 0.3) is 0 Å². The van der Waals surface area contributed by atoms with Crippen molar-refractivity contribution in [1.29, 1.82) is 0 Å². The minimum absolute atomic E-state index is 0.571. The van der Waals surface area contributed by atoms with Crippen molar-refractivity contribution in [2.45, 2.75) is 38.0 Å². The van der Waals surface area contributed by atoms with Crippen molar-refractivity contribution in [3.05, 3.63) is 12.5 Å². The maximum Gasteiger partial charge on any atom is 0.255 e. The van der Waals surface area contributed by atoms with E-state index in [9.17, 15) is 0 Å². The SMILES string of the molecule is CCCC(CSc1ncco1)NCC. The van der Waals surface area contributed by atoms with E-state index in [1.165, 1.54) is 12.8 Å². The highest BCUT2D eigenvalue weighted by atomic mass is 32.2. The van der Waals surface area contributed by atoms with Crippen LogP contribution in [-0.2, 0) is 0 Å². The van der Waals surface area contributed by atoms with Crippen molar-refractivity contribution in [2.75, 3.05) is 12.3 Å². The third-order valence-electron chi connectivity index (χ3n) is 1.95.